The van der Waals surface area contributed by atoms with Crippen molar-refractivity contribution in [1.82, 2.24) is 10.3 Å². The Morgan fingerprint density at radius 1 is 1.08 bits per heavy atom. The maximum atomic E-state index is 12.9. The number of aromatic nitrogens is 1. The van der Waals surface area contributed by atoms with Crippen LogP contribution in [-0.2, 0) is 14.6 Å². The van der Waals surface area contributed by atoms with E-state index in [9.17, 15) is 18.0 Å². The average molecular weight is 547 g/mol. The fourth-order valence-electron chi connectivity index (χ4n) is 5.11. The van der Waals surface area contributed by atoms with Gasteiger partial charge in [0, 0.05) is 48.6 Å². The molecule has 1 aromatic carbocycles. The third-order valence-electron chi connectivity index (χ3n) is 7.37. The standard InChI is InChI=1S/C27H35ClN4O4S/c1-18-6-8-22(9-7-18)30-25(33)14-19-10-12-32(13-11-19)26-24(16-23(17-29-26)37(2,35)36)31-27(34)20-4-3-5-21(28)15-20/h3-5,15-19,22H,6-14H2,1-2H3,(H,30,33)(H,31,34)/t18-,22-. The molecule has 2 N–H and O–H groups in total. The molecule has 200 valence electrons. The van der Waals surface area contributed by atoms with Gasteiger partial charge in [0.1, 0.15) is 0 Å². The number of anilines is 2. The SMILES string of the molecule is CS(=O)(=O)c1cnc(N2CCC(CC(=O)N[C@H]3CC[C@H](C)CC3)CC2)c(NC(=O)c2cccc(Cl)c2)c1. The van der Waals surface area contributed by atoms with Gasteiger partial charge in [0.15, 0.2) is 15.7 Å². The van der Waals surface area contributed by atoms with Crippen LogP contribution in [0.2, 0.25) is 5.02 Å². The zero-order valence-corrected chi connectivity index (χ0v) is 22.9. The van der Waals surface area contributed by atoms with Crippen molar-refractivity contribution < 1.29 is 18.0 Å². The minimum absolute atomic E-state index is 0.0290. The molecule has 37 heavy (non-hydrogen) atoms. The second-order valence-electron chi connectivity index (χ2n) is 10.4. The first-order valence-corrected chi connectivity index (χ1v) is 15.2. The van der Waals surface area contributed by atoms with Crippen LogP contribution in [0, 0.1) is 11.8 Å². The highest BCUT2D eigenvalue weighted by atomic mass is 35.5. The van der Waals surface area contributed by atoms with Crippen LogP contribution in [0.4, 0.5) is 11.5 Å². The molecular weight excluding hydrogens is 512 g/mol. The summed E-state index contributed by atoms with van der Waals surface area (Å²) in [4.78, 5) is 32.0. The van der Waals surface area contributed by atoms with Crippen molar-refractivity contribution >= 4 is 44.8 Å². The Morgan fingerprint density at radius 3 is 2.43 bits per heavy atom. The van der Waals surface area contributed by atoms with Crippen LogP contribution >= 0.6 is 11.6 Å². The van der Waals surface area contributed by atoms with E-state index < -0.39 is 15.7 Å². The van der Waals surface area contributed by atoms with Crippen molar-refractivity contribution in [3.05, 3.63) is 47.1 Å². The number of carbonyl (C=O) groups excluding carboxylic acids is 2. The van der Waals surface area contributed by atoms with Crippen molar-refractivity contribution in [2.24, 2.45) is 11.8 Å². The maximum absolute atomic E-state index is 12.9. The molecule has 1 aromatic heterocycles. The highest BCUT2D eigenvalue weighted by Gasteiger charge is 2.27. The van der Waals surface area contributed by atoms with Crippen LogP contribution in [0.1, 0.15) is 62.2 Å². The Morgan fingerprint density at radius 2 is 1.78 bits per heavy atom. The number of nitrogens with one attached hydrogen (secondary N) is 2. The lowest BCUT2D eigenvalue weighted by atomic mass is 9.87. The lowest BCUT2D eigenvalue weighted by Crippen LogP contribution is -2.40. The molecule has 2 aromatic rings. The Bertz CT molecular complexity index is 1240. The molecule has 2 amide bonds. The summed E-state index contributed by atoms with van der Waals surface area (Å²) in [6.45, 7) is 3.58. The molecule has 1 saturated carbocycles. The first-order chi connectivity index (χ1) is 17.6. The monoisotopic (exact) mass is 546 g/mol. The number of rotatable bonds is 7. The summed E-state index contributed by atoms with van der Waals surface area (Å²) in [5.74, 6) is 1.27. The first-order valence-electron chi connectivity index (χ1n) is 12.9. The second kappa shape index (κ2) is 11.8. The number of amides is 2. The zero-order chi connectivity index (χ0) is 26.6. The molecule has 4 rings (SSSR count). The summed E-state index contributed by atoms with van der Waals surface area (Å²) in [5.41, 5.74) is 0.691. The van der Waals surface area contributed by atoms with Gasteiger partial charge in [-0.2, -0.15) is 0 Å². The number of pyridine rings is 1. The molecule has 2 aliphatic rings. The summed E-state index contributed by atoms with van der Waals surface area (Å²) in [6.07, 6.45) is 9.03. The number of sulfone groups is 1. The summed E-state index contributed by atoms with van der Waals surface area (Å²) >= 11 is 6.03. The number of benzene rings is 1. The molecule has 2 fully saturated rings. The van der Waals surface area contributed by atoms with E-state index >= 15 is 0 Å². The summed E-state index contributed by atoms with van der Waals surface area (Å²) < 4.78 is 24.3. The molecule has 1 aliphatic heterocycles. The molecule has 1 saturated heterocycles. The van der Waals surface area contributed by atoms with Gasteiger partial charge in [0.25, 0.3) is 5.91 Å². The molecule has 0 spiro atoms. The third kappa shape index (κ3) is 7.45. The number of hydrogen-bond acceptors (Lipinski definition) is 6. The fourth-order valence-corrected chi connectivity index (χ4v) is 5.88. The van der Waals surface area contributed by atoms with E-state index in [1.807, 2.05) is 4.90 Å². The van der Waals surface area contributed by atoms with Crippen LogP contribution < -0.4 is 15.5 Å². The van der Waals surface area contributed by atoms with Gasteiger partial charge in [-0.05, 0) is 74.6 Å². The van der Waals surface area contributed by atoms with Crippen LogP contribution in [0.25, 0.3) is 0 Å². The van der Waals surface area contributed by atoms with E-state index in [-0.39, 0.29) is 16.7 Å². The fraction of sp³-hybridized carbons (Fsp3) is 0.519. The number of halogens is 1. The number of piperidine rings is 1. The van der Waals surface area contributed by atoms with E-state index in [2.05, 4.69) is 22.5 Å². The predicted octanol–water partition coefficient (Wildman–Crippen LogP) is 4.69. The van der Waals surface area contributed by atoms with Gasteiger partial charge in [-0.1, -0.05) is 24.6 Å². The average Bonchev–Trinajstić information content (AvgIpc) is 2.85. The second-order valence-corrected chi connectivity index (χ2v) is 12.9. The van der Waals surface area contributed by atoms with Crippen molar-refractivity contribution in [2.45, 2.75) is 62.8 Å². The Labute approximate surface area is 224 Å². The van der Waals surface area contributed by atoms with Gasteiger partial charge in [0.2, 0.25) is 5.91 Å². The van der Waals surface area contributed by atoms with Gasteiger partial charge >= 0.3 is 0 Å². The summed E-state index contributed by atoms with van der Waals surface area (Å²) in [7, 11) is -3.52. The zero-order valence-electron chi connectivity index (χ0n) is 21.4. The van der Waals surface area contributed by atoms with E-state index in [1.54, 1.807) is 24.3 Å². The lowest BCUT2D eigenvalue weighted by molar-refractivity contribution is -0.123. The third-order valence-corrected chi connectivity index (χ3v) is 8.69. The van der Waals surface area contributed by atoms with Crippen molar-refractivity contribution in [3.8, 4) is 0 Å². The number of carbonyl (C=O) groups is 2. The molecule has 2 heterocycles. The molecule has 1 aliphatic carbocycles. The Hall–Kier alpha value is -2.65. The largest absolute Gasteiger partial charge is 0.355 e. The Balaban J connectivity index is 1.41. The summed E-state index contributed by atoms with van der Waals surface area (Å²) in [6, 6.07) is 8.29. The van der Waals surface area contributed by atoms with Gasteiger partial charge in [-0.15, -0.1) is 0 Å². The minimum atomic E-state index is -3.52. The van der Waals surface area contributed by atoms with E-state index in [4.69, 9.17) is 11.6 Å². The van der Waals surface area contributed by atoms with E-state index in [1.165, 1.54) is 25.1 Å². The number of nitrogens with zero attached hydrogens (tertiary/aromatic N) is 2. The first kappa shape index (κ1) is 27.4. The number of hydrogen-bond donors (Lipinski definition) is 2. The summed E-state index contributed by atoms with van der Waals surface area (Å²) in [5, 5.41) is 6.48. The van der Waals surface area contributed by atoms with Crippen LogP contribution in [0.15, 0.2) is 41.4 Å². The Kier molecular flexibility index (Phi) is 8.75. The molecular formula is C27H35ClN4O4S. The van der Waals surface area contributed by atoms with Gasteiger partial charge in [-0.25, -0.2) is 13.4 Å². The van der Waals surface area contributed by atoms with Gasteiger partial charge in [0.05, 0.1) is 10.6 Å². The van der Waals surface area contributed by atoms with E-state index in [0.717, 1.165) is 37.9 Å². The molecule has 0 unspecified atom stereocenters. The van der Waals surface area contributed by atoms with Crippen molar-refractivity contribution in [1.29, 1.82) is 0 Å². The highest BCUT2D eigenvalue weighted by molar-refractivity contribution is 7.90. The lowest BCUT2D eigenvalue weighted by Gasteiger charge is -2.34. The smallest absolute Gasteiger partial charge is 0.255 e. The molecule has 8 nitrogen and oxygen atoms in total. The van der Waals surface area contributed by atoms with Gasteiger partial charge in [-0.3, -0.25) is 9.59 Å². The quantitative estimate of drug-likeness (QED) is 0.521. The molecule has 0 radical (unpaired) electrons. The van der Waals surface area contributed by atoms with Crippen LogP contribution in [0.3, 0.4) is 0 Å². The van der Waals surface area contributed by atoms with Gasteiger partial charge < -0.3 is 15.5 Å². The van der Waals surface area contributed by atoms with Crippen molar-refractivity contribution in [2.75, 3.05) is 29.6 Å². The van der Waals surface area contributed by atoms with Crippen LogP contribution in [0.5, 0.6) is 0 Å². The van der Waals surface area contributed by atoms with Crippen molar-refractivity contribution in [3.63, 3.8) is 0 Å². The molecule has 10 heteroatoms. The topological polar surface area (TPSA) is 108 Å². The molecule has 0 atom stereocenters. The molecule has 0 bridgehead atoms. The minimum Gasteiger partial charge on any atom is -0.355 e. The normalized spacial score (nSPS) is 20.9. The predicted molar refractivity (Wildman–Crippen MR) is 146 cm³/mol. The highest BCUT2D eigenvalue weighted by Crippen LogP contribution is 2.31. The maximum Gasteiger partial charge on any atom is 0.255 e. The van der Waals surface area contributed by atoms with Crippen LogP contribution in [-0.4, -0.2) is 50.6 Å². The van der Waals surface area contributed by atoms with E-state index in [0.29, 0.717) is 47.6 Å².